The highest BCUT2D eigenvalue weighted by Gasteiger charge is 2.22. The van der Waals surface area contributed by atoms with E-state index < -0.39 is 0 Å². The molecule has 4 heteroatoms. The van der Waals surface area contributed by atoms with Crippen LogP contribution >= 0.6 is 0 Å². The van der Waals surface area contributed by atoms with E-state index in [-0.39, 0.29) is 5.78 Å². The minimum absolute atomic E-state index is 0.0830. The van der Waals surface area contributed by atoms with Crippen molar-refractivity contribution in [3.63, 3.8) is 0 Å². The van der Waals surface area contributed by atoms with Gasteiger partial charge >= 0.3 is 0 Å². The summed E-state index contributed by atoms with van der Waals surface area (Å²) in [4.78, 5) is 13.1. The minimum atomic E-state index is 0.0830. The Morgan fingerprint density at radius 2 is 1.36 bits per heavy atom. The van der Waals surface area contributed by atoms with Crippen molar-refractivity contribution in [1.29, 1.82) is 0 Å². The fourth-order valence-electron chi connectivity index (χ4n) is 3.65. The second-order valence-corrected chi connectivity index (χ2v) is 6.80. The van der Waals surface area contributed by atoms with Crippen molar-refractivity contribution in [2.24, 2.45) is 0 Å². The molecule has 0 amide bonds. The van der Waals surface area contributed by atoms with Gasteiger partial charge in [-0.3, -0.25) is 4.79 Å². The third-order valence-corrected chi connectivity index (χ3v) is 5.01. The zero-order valence-corrected chi connectivity index (χ0v) is 16.9. The number of carbonyl (C=O) groups excluding carboxylic acids is 1. The molecule has 1 fully saturated rings. The Kier molecular flexibility index (Phi) is 6.19. The van der Waals surface area contributed by atoms with Gasteiger partial charge in [-0.25, -0.2) is 0 Å². The van der Waals surface area contributed by atoms with E-state index in [9.17, 15) is 4.79 Å². The van der Waals surface area contributed by atoms with E-state index in [1.165, 1.54) is 0 Å². The van der Waals surface area contributed by atoms with Crippen molar-refractivity contribution in [2.75, 3.05) is 21.3 Å². The Bertz CT molecular complexity index is 938. The van der Waals surface area contributed by atoms with Crippen LogP contribution in [-0.4, -0.2) is 27.1 Å². The van der Waals surface area contributed by atoms with Gasteiger partial charge in [0, 0.05) is 22.3 Å². The zero-order chi connectivity index (χ0) is 20.1. The number of methoxy groups -OCH3 is 3. The average molecular weight is 378 g/mol. The molecule has 0 aromatic heterocycles. The fraction of sp³-hybridized carbons (Fsp3) is 0.292. The highest BCUT2D eigenvalue weighted by atomic mass is 16.5. The van der Waals surface area contributed by atoms with Crippen LogP contribution in [0.3, 0.4) is 0 Å². The van der Waals surface area contributed by atoms with Crippen LogP contribution in [0.2, 0.25) is 0 Å². The molecule has 4 nitrogen and oxygen atoms in total. The predicted molar refractivity (Wildman–Crippen MR) is 112 cm³/mol. The second-order valence-electron chi connectivity index (χ2n) is 6.80. The standard InChI is InChI=1S/C24H26O4/c1-16-8-5-11-19(23(16)27-3)14-17-9-6-10-18(22(17)25)15-20-12-7-13-21(26-2)24(20)28-4/h5,7-8,11-15H,6,9-10H2,1-4H3/b17-14+,18-15+. The monoisotopic (exact) mass is 378 g/mol. The number of hydrogen-bond acceptors (Lipinski definition) is 4. The molecule has 3 rings (SSSR count). The lowest BCUT2D eigenvalue weighted by Crippen LogP contribution is -2.12. The largest absolute Gasteiger partial charge is 0.496 e. The summed E-state index contributed by atoms with van der Waals surface area (Å²) in [5.41, 5.74) is 4.43. The number of aryl methyl sites for hydroxylation is 1. The van der Waals surface area contributed by atoms with Crippen molar-refractivity contribution >= 4 is 17.9 Å². The number of ether oxygens (including phenoxy) is 3. The van der Waals surface area contributed by atoms with Gasteiger partial charge in [-0.2, -0.15) is 0 Å². The molecule has 0 atom stereocenters. The molecule has 0 heterocycles. The van der Waals surface area contributed by atoms with Gasteiger partial charge in [0.05, 0.1) is 21.3 Å². The number of benzene rings is 2. The Balaban J connectivity index is 1.98. The topological polar surface area (TPSA) is 44.8 Å². The van der Waals surface area contributed by atoms with Crippen LogP contribution in [0.4, 0.5) is 0 Å². The molecule has 0 bridgehead atoms. The number of hydrogen-bond donors (Lipinski definition) is 0. The summed E-state index contributed by atoms with van der Waals surface area (Å²) >= 11 is 0. The van der Waals surface area contributed by atoms with Gasteiger partial charge in [-0.05, 0) is 50.0 Å². The van der Waals surface area contributed by atoms with Crippen molar-refractivity contribution in [3.8, 4) is 17.2 Å². The normalized spacial score (nSPS) is 17.1. The average Bonchev–Trinajstić information content (AvgIpc) is 2.71. The first-order valence-electron chi connectivity index (χ1n) is 9.39. The molecular formula is C24H26O4. The van der Waals surface area contributed by atoms with Crippen LogP contribution < -0.4 is 14.2 Å². The molecule has 0 aliphatic heterocycles. The van der Waals surface area contributed by atoms with Crippen molar-refractivity contribution in [2.45, 2.75) is 26.2 Å². The molecule has 0 unspecified atom stereocenters. The Morgan fingerprint density at radius 1 is 0.786 bits per heavy atom. The lowest BCUT2D eigenvalue weighted by Gasteiger charge is -2.18. The van der Waals surface area contributed by atoms with Gasteiger partial charge < -0.3 is 14.2 Å². The highest BCUT2D eigenvalue weighted by Crippen LogP contribution is 2.35. The summed E-state index contributed by atoms with van der Waals surface area (Å²) < 4.78 is 16.4. The van der Waals surface area contributed by atoms with Crippen LogP contribution in [0.15, 0.2) is 47.5 Å². The lowest BCUT2D eigenvalue weighted by atomic mass is 9.86. The van der Waals surface area contributed by atoms with E-state index in [1.807, 2.05) is 55.5 Å². The van der Waals surface area contributed by atoms with Gasteiger partial charge in [-0.15, -0.1) is 0 Å². The van der Waals surface area contributed by atoms with Crippen LogP contribution in [0.25, 0.3) is 12.2 Å². The molecule has 0 spiro atoms. The lowest BCUT2D eigenvalue weighted by molar-refractivity contribution is -0.112. The molecule has 2 aromatic carbocycles. The molecule has 1 saturated carbocycles. The third kappa shape index (κ3) is 3.96. The first-order chi connectivity index (χ1) is 13.6. The first-order valence-corrected chi connectivity index (χ1v) is 9.39. The number of rotatable bonds is 5. The second kappa shape index (κ2) is 8.79. The SMILES string of the molecule is COc1cccc(/C=C2\CCC/C(=C\c3cccc(C)c3OC)C2=O)c1OC. The highest BCUT2D eigenvalue weighted by molar-refractivity contribution is 6.14. The van der Waals surface area contributed by atoms with Crippen LogP contribution in [-0.2, 0) is 4.79 Å². The van der Waals surface area contributed by atoms with Gasteiger partial charge in [0.2, 0.25) is 0 Å². The summed E-state index contributed by atoms with van der Waals surface area (Å²) in [7, 11) is 4.88. The number of para-hydroxylation sites is 2. The predicted octanol–water partition coefficient (Wildman–Crippen LogP) is 5.24. The molecule has 0 saturated heterocycles. The van der Waals surface area contributed by atoms with Crippen LogP contribution in [0.1, 0.15) is 36.0 Å². The molecule has 146 valence electrons. The van der Waals surface area contributed by atoms with Crippen molar-refractivity contribution in [3.05, 3.63) is 64.2 Å². The maximum Gasteiger partial charge on any atom is 0.185 e. The van der Waals surface area contributed by atoms with E-state index in [4.69, 9.17) is 14.2 Å². The van der Waals surface area contributed by atoms with Gasteiger partial charge in [0.1, 0.15) is 5.75 Å². The molecule has 2 aromatic rings. The fourth-order valence-corrected chi connectivity index (χ4v) is 3.65. The smallest absolute Gasteiger partial charge is 0.185 e. The first kappa shape index (κ1) is 19.7. The van der Waals surface area contributed by atoms with Crippen molar-refractivity contribution < 1.29 is 19.0 Å². The Morgan fingerprint density at radius 3 is 1.93 bits per heavy atom. The van der Waals surface area contributed by atoms with Gasteiger partial charge in [-0.1, -0.05) is 30.3 Å². The van der Waals surface area contributed by atoms with Crippen molar-refractivity contribution in [1.82, 2.24) is 0 Å². The van der Waals surface area contributed by atoms with E-state index >= 15 is 0 Å². The summed E-state index contributed by atoms with van der Waals surface area (Å²) in [6, 6.07) is 11.6. The maximum atomic E-state index is 13.1. The third-order valence-electron chi connectivity index (χ3n) is 5.01. The van der Waals surface area contributed by atoms with E-state index in [1.54, 1.807) is 21.3 Å². The Labute approximate surface area is 166 Å². The van der Waals surface area contributed by atoms with Crippen LogP contribution in [0.5, 0.6) is 17.2 Å². The number of Topliss-reactive ketones (excluding diaryl/α,β-unsaturated/α-hetero) is 1. The summed E-state index contributed by atoms with van der Waals surface area (Å²) in [6.07, 6.45) is 6.34. The number of ketones is 1. The summed E-state index contributed by atoms with van der Waals surface area (Å²) in [5, 5.41) is 0. The maximum absolute atomic E-state index is 13.1. The zero-order valence-electron chi connectivity index (χ0n) is 16.9. The van der Waals surface area contributed by atoms with E-state index in [0.717, 1.165) is 52.8 Å². The van der Waals surface area contributed by atoms with E-state index in [2.05, 4.69) is 0 Å². The summed E-state index contributed by atoms with van der Waals surface area (Å²) in [5.74, 6) is 2.19. The summed E-state index contributed by atoms with van der Waals surface area (Å²) in [6.45, 7) is 2.00. The molecule has 1 aliphatic carbocycles. The minimum Gasteiger partial charge on any atom is -0.496 e. The number of carbonyl (C=O) groups is 1. The molecule has 28 heavy (non-hydrogen) atoms. The molecular weight excluding hydrogens is 352 g/mol. The van der Waals surface area contributed by atoms with Crippen LogP contribution in [0, 0.1) is 6.92 Å². The van der Waals surface area contributed by atoms with Gasteiger partial charge in [0.25, 0.3) is 0 Å². The molecule has 0 N–H and O–H groups in total. The van der Waals surface area contributed by atoms with E-state index in [0.29, 0.717) is 11.5 Å². The van der Waals surface area contributed by atoms with Gasteiger partial charge in [0.15, 0.2) is 17.3 Å². The number of allylic oxidation sites excluding steroid dienone is 2. The Hall–Kier alpha value is -3.01. The molecule has 1 aliphatic rings. The molecule has 0 radical (unpaired) electrons. The quantitative estimate of drug-likeness (QED) is 0.668.